The Kier molecular flexibility index (Phi) is 3.62. The average Bonchev–Trinajstić information content (AvgIpc) is 3.26. The Hall–Kier alpha value is -2.99. The third kappa shape index (κ3) is 2.40. The number of fused-ring (bicyclic) bond motifs is 5. The standard InChI is InChI=1S/C21H16N2O3S/c24-20-14-7-2-1-6-13(14)17-12-19(16-9-5-11-22(16)23(17)20)27-18-10-4-3-8-15(18)21(25)26/h1-11,17,19H,12H2,(H,25,26)/t17-,19-/m1/s1. The predicted molar refractivity (Wildman–Crippen MR) is 103 cm³/mol. The summed E-state index contributed by atoms with van der Waals surface area (Å²) in [7, 11) is 0. The molecule has 6 heteroatoms. The second-order valence-corrected chi connectivity index (χ2v) is 7.92. The molecule has 0 radical (unpaired) electrons. The molecule has 2 atom stereocenters. The molecule has 0 aliphatic carbocycles. The molecule has 1 N–H and O–H groups in total. The number of benzene rings is 2. The third-order valence-electron chi connectivity index (χ3n) is 5.20. The summed E-state index contributed by atoms with van der Waals surface area (Å²) < 4.78 is 1.93. The van der Waals surface area contributed by atoms with E-state index >= 15 is 0 Å². The minimum Gasteiger partial charge on any atom is -0.478 e. The number of carbonyl (C=O) groups is 2. The van der Waals surface area contributed by atoms with Gasteiger partial charge in [0.1, 0.15) is 0 Å². The molecule has 5 rings (SSSR count). The van der Waals surface area contributed by atoms with E-state index in [1.165, 1.54) is 0 Å². The minimum absolute atomic E-state index is 0.0161. The zero-order valence-corrected chi connectivity index (χ0v) is 15.1. The summed E-state index contributed by atoms with van der Waals surface area (Å²) in [4.78, 5) is 25.2. The summed E-state index contributed by atoms with van der Waals surface area (Å²) in [5.74, 6) is -0.908. The van der Waals surface area contributed by atoms with E-state index in [4.69, 9.17) is 0 Å². The second-order valence-electron chi connectivity index (χ2n) is 6.67. The molecule has 27 heavy (non-hydrogen) atoms. The van der Waals surface area contributed by atoms with Gasteiger partial charge in [-0.05, 0) is 42.3 Å². The van der Waals surface area contributed by atoms with Crippen LogP contribution in [0.5, 0.6) is 0 Å². The van der Waals surface area contributed by atoms with Crippen LogP contribution in [0.2, 0.25) is 0 Å². The summed E-state index contributed by atoms with van der Waals surface area (Å²) in [6.45, 7) is 0. The number of carboxylic acid groups (broad SMARTS) is 1. The van der Waals surface area contributed by atoms with Crippen molar-refractivity contribution in [3.63, 3.8) is 0 Å². The van der Waals surface area contributed by atoms with Crippen molar-refractivity contribution in [1.82, 2.24) is 4.68 Å². The first-order chi connectivity index (χ1) is 13.1. The van der Waals surface area contributed by atoms with Crippen LogP contribution < -0.4 is 5.01 Å². The lowest BCUT2D eigenvalue weighted by molar-refractivity contribution is 0.0693. The van der Waals surface area contributed by atoms with Crippen molar-refractivity contribution in [3.05, 3.63) is 89.2 Å². The molecule has 2 aliphatic heterocycles. The predicted octanol–water partition coefficient (Wildman–Crippen LogP) is 4.26. The Balaban J connectivity index is 1.57. The molecule has 2 aliphatic rings. The molecule has 1 aromatic heterocycles. The maximum atomic E-state index is 12.9. The van der Waals surface area contributed by atoms with Gasteiger partial charge in [-0.1, -0.05) is 30.3 Å². The van der Waals surface area contributed by atoms with Crippen molar-refractivity contribution < 1.29 is 14.7 Å². The van der Waals surface area contributed by atoms with Gasteiger partial charge >= 0.3 is 5.97 Å². The van der Waals surface area contributed by atoms with Gasteiger partial charge in [0.25, 0.3) is 5.91 Å². The maximum Gasteiger partial charge on any atom is 0.336 e. The fourth-order valence-electron chi connectivity index (χ4n) is 4.02. The fourth-order valence-corrected chi connectivity index (χ4v) is 5.35. The molecule has 0 saturated heterocycles. The minimum atomic E-state index is -0.924. The van der Waals surface area contributed by atoms with Crippen LogP contribution in [0.15, 0.2) is 71.8 Å². The summed E-state index contributed by atoms with van der Waals surface area (Å²) >= 11 is 1.55. The van der Waals surface area contributed by atoms with Crippen LogP contribution in [0, 0.1) is 0 Å². The largest absolute Gasteiger partial charge is 0.478 e. The number of thioether (sulfide) groups is 1. The van der Waals surface area contributed by atoms with Gasteiger partial charge in [-0.3, -0.25) is 9.47 Å². The smallest absolute Gasteiger partial charge is 0.336 e. The molecule has 0 spiro atoms. The molecule has 0 unspecified atom stereocenters. The lowest BCUT2D eigenvalue weighted by Crippen LogP contribution is -2.42. The third-order valence-corrected chi connectivity index (χ3v) is 6.53. The van der Waals surface area contributed by atoms with Crippen molar-refractivity contribution in [2.24, 2.45) is 0 Å². The highest BCUT2D eigenvalue weighted by molar-refractivity contribution is 7.99. The molecule has 1 amide bonds. The SMILES string of the molecule is O=C(O)c1ccccc1S[C@@H]1C[C@@H]2c3ccccc3C(=O)N2n2cccc21. The number of amides is 1. The van der Waals surface area contributed by atoms with E-state index in [0.29, 0.717) is 5.56 Å². The van der Waals surface area contributed by atoms with Gasteiger partial charge in [-0.15, -0.1) is 11.8 Å². The monoisotopic (exact) mass is 376 g/mol. The lowest BCUT2D eigenvalue weighted by atomic mass is 9.99. The van der Waals surface area contributed by atoms with E-state index in [1.54, 1.807) is 23.9 Å². The molecule has 134 valence electrons. The van der Waals surface area contributed by atoms with Crippen LogP contribution in [-0.2, 0) is 0 Å². The fraction of sp³-hybridized carbons (Fsp3) is 0.143. The van der Waals surface area contributed by atoms with Crippen LogP contribution in [0.4, 0.5) is 0 Å². The Morgan fingerprint density at radius 1 is 1.04 bits per heavy atom. The van der Waals surface area contributed by atoms with Crippen molar-refractivity contribution in [2.45, 2.75) is 22.6 Å². The molecule has 0 saturated carbocycles. The van der Waals surface area contributed by atoms with Crippen molar-refractivity contribution in [1.29, 1.82) is 0 Å². The molecule has 3 heterocycles. The first kappa shape index (κ1) is 16.2. The van der Waals surface area contributed by atoms with E-state index in [9.17, 15) is 14.7 Å². The van der Waals surface area contributed by atoms with Gasteiger partial charge < -0.3 is 5.11 Å². The van der Waals surface area contributed by atoms with Gasteiger partial charge in [-0.25, -0.2) is 9.80 Å². The Morgan fingerprint density at radius 2 is 1.81 bits per heavy atom. The number of carbonyl (C=O) groups excluding carboxylic acids is 1. The summed E-state index contributed by atoms with van der Waals surface area (Å²) in [6, 6.07) is 18.7. The number of hydrogen-bond donors (Lipinski definition) is 1. The van der Waals surface area contributed by atoms with Gasteiger partial charge in [0.15, 0.2) is 0 Å². The molecule has 0 fully saturated rings. The molecule has 2 aromatic carbocycles. The van der Waals surface area contributed by atoms with Crippen molar-refractivity contribution in [2.75, 3.05) is 5.01 Å². The van der Waals surface area contributed by atoms with E-state index in [-0.39, 0.29) is 17.2 Å². The summed E-state index contributed by atoms with van der Waals surface area (Å²) in [5, 5.41) is 11.4. The average molecular weight is 376 g/mol. The van der Waals surface area contributed by atoms with Crippen LogP contribution in [0.3, 0.4) is 0 Å². The van der Waals surface area contributed by atoms with Crippen molar-refractivity contribution in [3.8, 4) is 0 Å². The van der Waals surface area contributed by atoms with Gasteiger partial charge in [0, 0.05) is 16.7 Å². The topological polar surface area (TPSA) is 62.5 Å². The quantitative estimate of drug-likeness (QED) is 0.742. The van der Waals surface area contributed by atoms with Gasteiger partial charge in [0.2, 0.25) is 0 Å². The van der Waals surface area contributed by atoms with Crippen LogP contribution in [0.1, 0.15) is 49.7 Å². The molecular formula is C21H16N2O3S. The Labute approximate surface area is 160 Å². The first-order valence-corrected chi connectivity index (χ1v) is 9.62. The molecule has 3 aromatic rings. The van der Waals surface area contributed by atoms with Crippen LogP contribution in [0.25, 0.3) is 0 Å². The van der Waals surface area contributed by atoms with Crippen LogP contribution in [-0.4, -0.2) is 21.7 Å². The highest BCUT2D eigenvalue weighted by atomic mass is 32.2. The van der Waals surface area contributed by atoms with E-state index in [0.717, 1.165) is 28.1 Å². The summed E-state index contributed by atoms with van der Waals surface area (Å²) in [6.07, 6.45) is 2.65. The maximum absolute atomic E-state index is 12.9. The van der Waals surface area contributed by atoms with E-state index in [1.807, 2.05) is 64.4 Å². The number of aromatic carboxylic acids is 1. The Bertz CT molecular complexity index is 1070. The first-order valence-electron chi connectivity index (χ1n) is 8.74. The summed E-state index contributed by atoms with van der Waals surface area (Å²) in [5.41, 5.74) is 3.11. The van der Waals surface area contributed by atoms with Gasteiger partial charge in [0.05, 0.1) is 22.5 Å². The Morgan fingerprint density at radius 3 is 2.67 bits per heavy atom. The number of aromatic nitrogens is 1. The number of nitrogens with zero attached hydrogens (tertiary/aromatic N) is 2. The van der Waals surface area contributed by atoms with Crippen molar-refractivity contribution >= 4 is 23.6 Å². The zero-order chi connectivity index (χ0) is 18.5. The highest BCUT2D eigenvalue weighted by Crippen LogP contribution is 2.49. The van der Waals surface area contributed by atoms with Crippen LogP contribution >= 0.6 is 11.8 Å². The molecule has 5 nitrogen and oxygen atoms in total. The van der Waals surface area contributed by atoms with E-state index < -0.39 is 5.97 Å². The normalized spacial score (nSPS) is 20.1. The number of carboxylic acids is 1. The molecule has 0 bridgehead atoms. The number of rotatable bonds is 3. The highest BCUT2D eigenvalue weighted by Gasteiger charge is 2.43. The van der Waals surface area contributed by atoms with E-state index in [2.05, 4.69) is 0 Å². The molecular weight excluding hydrogens is 360 g/mol. The zero-order valence-electron chi connectivity index (χ0n) is 14.3. The van der Waals surface area contributed by atoms with Gasteiger partial charge in [-0.2, -0.15) is 0 Å². The second kappa shape index (κ2) is 6.03. The number of hydrogen-bond acceptors (Lipinski definition) is 3. The lowest BCUT2D eigenvalue weighted by Gasteiger charge is -2.37.